The zero-order chi connectivity index (χ0) is 28.3. The van der Waals surface area contributed by atoms with Gasteiger partial charge in [-0.25, -0.2) is 0 Å². The van der Waals surface area contributed by atoms with Gasteiger partial charge >= 0.3 is 11.9 Å². The van der Waals surface area contributed by atoms with Crippen LogP contribution < -0.4 is 0 Å². The van der Waals surface area contributed by atoms with E-state index >= 15 is 0 Å². The molecule has 3 N–H and O–H groups in total. The molecule has 0 aromatic rings. The summed E-state index contributed by atoms with van der Waals surface area (Å²) < 4.78 is 5.93. The van der Waals surface area contributed by atoms with Gasteiger partial charge in [-0.2, -0.15) is 0 Å². The van der Waals surface area contributed by atoms with Crippen molar-refractivity contribution < 1.29 is 29.6 Å². The van der Waals surface area contributed by atoms with Gasteiger partial charge in [-0.1, -0.05) is 53.2 Å². The molecular weight excluding hydrogens is 480 g/mol. The van der Waals surface area contributed by atoms with Crippen molar-refractivity contribution in [1.82, 2.24) is 0 Å². The van der Waals surface area contributed by atoms with E-state index in [9.17, 15) is 24.9 Å². The fourth-order valence-electron chi connectivity index (χ4n) is 11.4. The third-order valence-corrected chi connectivity index (χ3v) is 13.8. The Morgan fingerprint density at radius 2 is 1.58 bits per heavy atom. The molecule has 6 nitrogen and oxygen atoms in total. The number of carboxylic acid groups (broad SMARTS) is 1. The summed E-state index contributed by atoms with van der Waals surface area (Å²) in [5.74, 6) is -0.670. The zero-order valence-electron chi connectivity index (χ0n) is 24.8. The molecule has 4 fully saturated rings. The van der Waals surface area contributed by atoms with Gasteiger partial charge < -0.3 is 20.1 Å². The molecular formula is C32H50O6. The second kappa shape index (κ2) is 8.31. The molecule has 5 aliphatic rings. The first kappa shape index (κ1) is 28.1. The van der Waals surface area contributed by atoms with Crippen LogP contribution in [-0.4, -0.2) is 45.1 Å². The van der Waals surface area contributed by atoms with Crippen LogP contribution in [-0.2, 0) is 14.3 Å². The molecule has 11 unspecified atom stereocenters. The van der Waals surface area contributed by atoms with Gasteiger partial charge in [0.25, 0.3) is 0 Å². The zero-order valence-corrected chi connectivity index (χ0v) is 24.8. The van der Waals surface area contributed by atoms with Crippen LogP contribution >= 0.6 is 0 Å². The summed E-state index contributed by atoms with van der Waals surface area (Å²) >= 11 is 0. The summed E-state index contributed by atoms with van der Waals surface area (Å²) in [6.45, 7) is 17.0. The summed E-state index contributed by atoms with van der Waals surface area (Å²) in [6.07, 6.45) is 6.96. The van der Waals surface area contributed by atoms with Crippen LogP contribution in [0.25, 0.3) is 0 Å². The molecule has 0 radical (unpaired) electrons. The molecule has 5 rings (SSSR count). The Kier molecular flexibility index (Phi) is 6.16. The number of esters is 1. The number of carbonyl (C=O) groups excluding carboxylic acids is 1. The van der Waals surface area contributed by atoms with Crippen molar-refractivity contribution in [3.05, 3.63) is 11.6 Å². The van der Waals surface area contributed by atoms with Crippen LogP contribution in [0.1, 0.15) is 107 Å². The lowest BCUT2D eigenvalue weighted by Crippen LogP contribution is -2.68. The van der Waals surface area contributed by atoms with E-state index in [0.29, 0.717) is 37.5 Å². The first-order valence-corrected chi connectivity index (χ1v) is 14.9. The van der Waals surface area contributed by atoms with Gasteiger partial charge in [0.1, 0.15) is 5.60 Å². The molecule has 214 valence electrons. The Morgan fingerprint density at radius 3 is 2.18 bits per heavy atom. The Labute approximate surface area is 228 Å². The molecule has 5 aliphatic carbocycles. The molecule has 0 heterocycles. The number of hydrogen-bond donors (Lipinski definition) is 3. The minimum atomic E-state index is -0.831. The maximum Gasteiger partial charge on any atom is 0.310 e. The van der Waals surface area contributed by atoms with Crippen LogP contribution in [0.3, 0.4) is 0 Å². The molecule has 0 saturated heterocycles. The monoisotopic (exact) mass is 530 g/mol. The molecule has 0 aliphatic heterocycles. The molecule has 0 bridgehead atoms. The average Bonchev–Trinajstić information content (AvgIpc) is 2.80. The number of aliphatic carboxylic acids is 1. The number of fused-ring (bicyclic) bond motifs is 7. The second-order valence-electron chi connectivity index (χ2n) is 15.5. The predicted molar refractivity (Wildman–Crippen MR) is 145 cm³/mol. The quantitative estimate of drug-likeness (QED) is 0.310. The van der Waals surface area contributed by atoms with Crippen molar-refractivity contribution in [2.75, 3.05) is 0 Å². The van der Waals surface area contributed by atoms with E-state index in [1.54, 1.807) is 0 Å². The Balaban J connectivity index is 1.62. The summed E-state index contributed by atoms with van der Waals surface area (Å²) in [7, 11) is 0. The van der Waals surface area contributed by atoms with Gasteiger partial charge in [0.15, 0.2) is 0 Å². The minimum absolute atomic E-state index is 0.0555. The van der Waals surface area contributed by atoms with Crippen LogP contribution in [0.15, 0.2) is 11.6 Å². The molecule has 38 heavy (non-hydrogen) atoms. The van der Waals surface area contributed by atoms with Crippen molar-refractivity contribution in [2.45, 2.75) is 125 Å². The molecule has 0 aromatic carbocycles. The number of carboxylic acids is 1. The van der Waals surface area contributed by atoms with Crippen molar-refractivity contribution in [1.29, 1.82) is 0 Å². The van der Waals surface area contributed by atoms with E-state index in [1.807, 2.05) is 6.92 Å². The summed E-state index contributed by atoms with van der Waals surface area (Å²) in [5.41, 5.74) is -0.972. The highest BCUT2D eigenvalue weighted by Crippen LogP contribution is 2.76. The van der Waals surface area contributed by atoms with Crippen molar-refractivity contribution in [3.63, 3.8) is 0 Å². The molecule has 6 heteroatoms. The lowest BCUT2D eigenvalue weighted by atomic mass is 9.33. The predicted octanol–water partition coefficient (Wildman–Crippen LogP) is 5.75. The number of allylic oxidation sites excluding steroid dienone is 2. The molecule has 0 amide bonds. The number of ether oxygens (including phenoxy) is 1. The molecule has 11 atom stereocenters. The Hall–Kier alpha value is -1.40. The van der Waals surface area contributed by atoms with E-state index in [-0.39, 0.29) is 39.5 Å². The fourth-order valence-corrected chi connectivity index (χ4v) is 11.4. The highest BCUT2D eigenvalue weighted by Gasteiger charge is 2.71. The minimum Gasteiger partial charge on any atom is -0.481 e. The van der Waals surface area contributed by atoms with Crippen molar-refractivity contribution >= 4 is 11.9 Å². The molecule has 0 spiro atoms. The van der Waals surface area contributed by atoms with Gasteiger partial charge in [0.2, 0.25) is 0 Å². The smallest absolute Gasteiger partial charge is 0.310 e. The third kappa shape index (κ3) is 3.31. The van der Waals surface area contributed by atoms with Gasteiger partial charge in [0, 0.05) is 18.8 Å². The standard InChI is InChI=1S/C32H50O6/c1-18-24-20-9-10-23-28(5)17-21(34)25(35)27(3,4)22(28)11-12-30(23,7)29(20,6)13-15-32(24,26(36)37)16-14-31(18,8)38-19(2)33/h9,18,21-25,34-35H,10-17H2,1-8H3,(H,36,37). The van der Waals surface area contributed by atoms with Crippen LogP contribution in [0.4, 0.5) is 0 Å². The number of rotatable bonds is 2. The maximum absolute atomic E-state index is 13.0. The largest absolute Gasteiger partial charge is 0.481 e. The van der Waals surface area contributed by atoms with E-state index in [1.165, 1.54) is 12.5 Å². The van der Waals surface area contributed by atoms with Crippen LogP contribution in [0.5, 0.6) is 0 Å². The first-order chi connectivity index (χ1) is 17.4. The van der Waals surface area contributed by atoms with Crippen LogP contribution in [0, 0.1) is 50.7 Å². The highest BCUT2D eigenvalue weighted by atomic mass is 16.6. The summed E-state index contributed by atoms with van der Waals surface area (Å²) in [5, 5.41) is 32.7. The normalized spacial score (nSPS) is 53.4. The van der Waals surface area contributed by atoms with E-state index in [0.717, 1.165) is 25.7 Å². The molecule has 0 aromatic heterocycles. The lowest BCUT2D eigenvalue weighted by Gasteiger charge is -2.71. The second-order valence-corrected chi connectivity index (χ2v) is 15.5. The third-order valence-electron chi connectivity index (χ3n) is 13.8. The number of hydrogen-bond acceptors (Lipinski definition) is 5. The summed E-state index contributed by atoms with van der Waals surface area (Å²) in [4.78, 5) is 25.1. The fraction of sp³-hybridized carbons (Fsp3) is 0.875. The van der Waals surface area contributed by atoms with Gasteiger partial charge in [0.05, 0.1) is 17.6 Å². The Morgan fingerprint density at radius 1 is 0.947 bits per heavy atom. The highest BCUT2D eigenvalue weighted by molar-refractivity contribution is 5.77. The van der Waals surface area contributed by atoms with E-state index in [4.69, 9.17) is 4.74 Å². The SMILES string of the molecule is CC(=O)OC1(C)CCC2(C(=O)O)CCC3(C)C(=CCC4C5(C)CC(O)C(O)C(C)(C)C5CCC43C)C2C1C. The Bertz CT molecular complexity index is 1060. The summed E-state index contributed by atoms with van der Waals surface area (Å²) in [6, 6.07) is 0. The number of aliphatic hydroxyl groups is 2. The van der Waals surface area contributed by atoms with E-state index < -0.39 is 29.2 Å². The van der Waals surface area contributed by atoms with E-state index in [2.05, 4.69) is 47.6 Å². The number of aliphatic hydroxyl groups excluding tert-OH is 2. The lowest BCUT2D eigenvalue weighted by molar-refractivity contribution is -0.235. The topological polar surface area (TPSA) is 104 Å². The van der Waals surface area contributed by atoms with Crippen molar-refractivity contribution in [2.24, 2.45) is 50.7 Å². The van der Waals surface area contributed by atoms with Gasteiger partial charge in [-0.15, -0.1) is 0 Å². The average molecular weight is 531 g/mol. The van der Waals surface area contributed by atoms with Gasteiger partial charge in [-0.3, -0.25) is 9.59 Å². The van der Waals surface area contributed by atoms with Crippen LogP contribution in [0.2, 0.25) is 0 Å². The van der Waals surface area contributed by atoms with Crippen molar-refractivity contribution in [3.8, 4) is 0 Å². The maximum atomic E-state index is 13.0. The molecule has 4 saturated carbocycles. The number of carbonyl (C=O) groups is 2. The first-order valence-electron chi connectivity index (χ1n) is 14.9. The van der Waals surface area contributed by atoms with Gasteiger partial charge in [-0.05, 0) is 91.8 Å².